The fraction of sp³-hybridized carbons (Fsp3) is 0. The molecule has 0 radical (unpaired) electrons. The Balaban J connectivity index is 2.44. The third-order valence-corrected chi connectivity index (χ3v) is 2.42. The number of nitrogens with two attached hydrogens (primary N) is 1. The van der Waals surface area contributed by atoms with Crippen molar-refractivity contribution in [2.45, 2.75) is 0 Å². The van der Waals surface area contributed by atoms with Gasteiger partial charge in [-0.15, -0.1) is 0 Å². The largest absolute Gasteiger partial charge is 0.494 e. The van der Waals surface area contributed by atoms with Crippen LogP contribution in [0.4, 0.5) is 0 Å². The zero-order chi connectivity index (χ0) is 14.7. The number of nitrogens with zero attached hydrogens (tertiary/aromatic N) is 1. The van der Waals surface area contributed by atoms with E-state index in [9.17, 15) is 19.5 Å². The zero-order valence-electron chi connectivity index (χ0n) is 10.1. The van der Waals surface area contributed by atoms with Crippen LogP contribution in [0.25, 0.3) is 0 Å². The Morgan fingerprint density at radius 2 is 1.80 bits per heavy atom. The monoisotopic (exact) mass is 274 g/mol. The van der Waals surface area contributed by atoms with E-state index in [0.29, 0.717) is 0 Å². The van der Waals surface area contributed by atoms with Crippen LogP contribution < -0.4 is 17.0 Å². The summed E-state index contributed by atoms with van der Waals surface area (Å²) in [7, 11) is 0. The molecule has 8 heteroatoms. The Kier molecular flexibility index (Phi) is 3.47. The molecule has 0 spiro atoms. The van der Waals surface area contributed by atoms with Gasteiger partial charge in [0.05, 0.1) is 0 Å². The fourth-order valence-corrected chi connectivity index (χ4v) is 1.52. The van der Waals surface area contributed by atoms with Gasteiger partial charge in [-0.3, -0.25) is 19.6 Å². The Bertz CT molecular complexity index is 789. The number of amidine groups is 1. The number of hydrogen-bond donors (Lipinski definition) is 4. The van der Waals surface area contributed by atoms with Gasteiger partial charge in [0.1, 0.15) is 11.4 Å². The second-order valence-electron chi connectivity index (χ2n) is 3.80. The Labute approximate surface area is 111 Å². The summed E-state index contributed by atoms with van der Waals surface area (Å²) in [6, 6.07) is 8.06. The minimum atomic E-state index is -0.937. The van der Waals surface area contributed by atoms with Crippen LogP contribution >= 0.6 is 0 Å². The van der Waals surface area contributed by atoms with Crippen molar-refractivity contribution in [1.82, 2.24) is 9.97 Å². The number of hydrogen-bond acceptors (Lipinski definition) is 4. The first-order valence-corrected chi connectivity index (χ1v) is 5.48. The van der Waals surface area contributed by atoms with Crippen LogP contribution in [-0.2, 0) is 0 Å². The molecule has 1 heterocycles. The minimum Gasteiger partial charge on any atom is -0.494 e. The summed E-state index contributed by atoms with van der Waals surface area (Å²) in [5.41, 5.74) is 3.49. The molecule has 0 unspecified atom stereocenters. The number of amides is 1. The maximum atomic E-state index is 11.8. The summed E-state index contributed by atoms with van der Waals surface area (Å²) in [4.78, 5) is 41.6. The van der Waals surface area contributed by atoms with Crippen molar-refractivity contribution in [2.24, 2.45) is 10.7 Å². The summed E-state index contributed by atoms with van der Waals surface area (Å²) in [6.07, 6.45) is 0. The number of carbonyl (C=O) groups is 1. The van der Waals surface area contributed by atoms with Crippen LogP contribution in [0.2, 0.25) is 0 Å². The summed E-state index contributed by atoms with van der Waals surface area (Å²) in [6.45, 7) is 0. The van der Waals surface area contributed by atoms with Crippen molar-refractivity contribution < 1.29 is 9.90 Å². The Morgan fingerprint density at radius 3 is 2.40 bits per heavy atom. The van der Waals surface area contributed by atoms with E-state index in [1.165, 1.54) is 12.1 Å². The normalized spacial score (nSPS) is 11.3. The van der Waals surface area contributed by atoms with Gasteiger partial charge in [-0.25, -0.2) is 4.79 Å². The maximum absolute atomic E-state index is 11.8. The molecule has 0 bridgehead atoms. The van der Waals surface area contributed by atoms with Crippen molar-refractivity contribution in [2.75, 3.05) is 0 Å². The molecule has 5 N–H and O–H groups in total. The van der Waals surface area contributed by atoms with E-state index in [2.05, 4.69) is 4.99 Å². The van der Waals surface area contributed by atoms with Crippen molar-refractivity contribution in [3.8, 4) is 5.88 Å². The lowest BCUT2D eigenvalue weighted by Crippen LogP contribution is -2.31. The van der Waals surface area contributed by atoms with E-state index in [-0.39, 0.29) is 5.56 Å². The van der Waals surface area contributed by atoms with E-state index >= 15 is 0 Å². The third kappa shape index (κ3) is 2.64. The number of rotatable bonds is 2. The number of aromatic amines is 2. The molecule has 8 nitrogen and oxygen atoms in total. The molecule has 1 aromatic carbocycles. The van der Waals surface area contributed by atoms with E-state index in [1.807, 2.05) is 9.97 Å². The van der Waals surface area contributed by atoms with Gasteiger partial charge in [-0.2, -0.15) is 4.99 Å². The quantitative estimate of drug-likeness (QED) is 0.424. The molecule has 0 saturated heterocycles. The number of benzene rings is 1. The molecule has 2 aromatic rings. The molecular weight excluding hydrogens is 264 g/mol. The molecule has 0 fully saturated rings. The van der Waals surface area contributed by atoms with Gasteiger partial charge in [0.25, 0.3) is 11.5 Å². The number of nitrogens with one attached hydrogen (secondary N) is 2. The summed E-state index contributed by atoms with van der Waals surface area (Å²) >= 11 is 0. The second-order valence-corrected chi connectivity index (χ2v) is 3.80. The first kappa shape index (κ1) is 13.3. The minimum absolute atomic E-state index is 0.274. The van der Waals surface area contributed by atoms with Gasteiger partial charge >= 0.3 is 5.69 Å². The van der Waals surface area contributed by atoms with Gasteiger partial charge < -0.3 is 10.8 Å². The molecule has 0 aliphatic heterocycles. The van der Waals surface area contributed by atoms with Gasteiger partial charge in [0, 0.05) is 5.56 Å². The average Bonchev–Trinajstić information content (AvgIpc) is 2.38. The van der Waals surface area contributed by atoms with Crippen molar-refractivity contribution >= 4 is 11.7 Å². The van der Waals surface area contributed by atoms with Crippen molar-refractivity contribution in [3.05, 3.63) is 62.3 Å². The Morgan fingerprint density at radius 1 is 1.15 bits per heavy atom. The van der Waals surface area contributed by atoms with Crippen molar-refractivity contribution in [3.63, 3.8) is 0 Å². The number of aromatic nitrogens is 2. The van der Waals surface area contributed by atoms with Gasteiger partial charge in [-0.1, -0.05) is 18.2 Å². The SMILES string of the molecule is NC(=NC(=O)c1ccccc1)c1c(O)[nH]c(=O)[nH]c1=O. The van der Waals surface area contributed by atoms with E-state index in [4.69, 9.17) is 5.73 Å². The van der Waals surface area contributed by atoms with Crippen LogP contribution in [0.1, 0.15) is 15.9 Å². The fourth-order valence-electron chi connectivity index (χ4n) is 1.52. The lowest BCUT2D eigenvalue weighted by Gasteiger charge is -2.01. The van der Waals surface area contributed by atoms with Crippen LogP contribution in [0.3, 0.4) is 0 Å². The van der Waals surface area contributed by atoms with Gasteiger partial charge in [0.15, 0.2) is 0 Å². The van der Waals surface area contributed by atoms with E-state index in [0.717, 1.165) is 0 Å². The van der Waals surface area contributed by atoms with Crippen LogP contribution in [0.15, 0.2) is 44.9 Å². The highest BCUT2D eigenvalue weighted by Crippen LogP contribution is 2.06. The molecule has 20 heavy (non-hydrogen) atoms. The highest BCUT2D eigenvalue weighted by molar-refractivity contribution is 6.09. The van der Waals surface area contributed by atoms with Crippen LogP contribution in [0.5, 0.6) is 5.88 Å². The molecule has 0 saturated carbocycles. The van der Waals surface area contributed by atoms with E-state index < -0.39 is 34.4 Å². The highest BCUT2D eigenvalue weighted by Gasteiger charge is 2.14. The molecule has 0 aliphatic carbocycles. The van der Waals surface area contributed by atoms with E-state index in [1.54, 1.807) is 18.2 Å². The average molecular weight is 274 g/mol. The highest BCUT2D eigenvalue weighted by atomic mass is 16.3. The second kappa shape index (κ2) is 5.22. The summed E-state index contributed by atoms with van der Waals surface area (Å²) in [5.74, 6) is -1.91. The summed E-state index contributed by atoms with van der Waals surface area (Å²) in [5, 5.41) is 9.48. The standard InChI is InChI=1S/C12H10N4O4/c13-8(7-10(18)15-12(20)16-11(7)19)14-9(17)6-4-2-1-3-5-6/h1-5H,(H2,13,14,17)(H3,15,16,18,19,20). The predicted octanol–water partition coefficient (Wildman–Crippen LogP) is -0.686. The zero-order valence-corrected chi connectivity index (χ0v) is 10.1. The number of aromatic hydroxyl groups is 1. The molecule has 1 aromatic heterocycles. The topological polar surface area (TPSA) is 141 Å². The lowest BCUT2D eigenvalue weighted by molar-refractivity contribution is 0.100. The molecule has 1 amide bonds. The van der Waals surface area contributed by atoms with Crippen LogP contribution in [-0.4, -0.2) is 26.8 Å². The van der Waals surface area contributed by atoms with Gasteiger partial charge in [0.2, 0.25) is 5.88 Å². The third-order valence-electron chi connectivity index (χ3n) is 2.42. The smallest absolute Gasteiger partial charge is 0.328 e. The molecule has 2 rings (SSSR count). The first-order valence-electron chi connectivity index (χ1n) is 5.48. The molecule has 102 valence electrons. The Hall–Kier alpha value is -3.16. The summed E-state index contributed by atoms with van der Waals surface area (Å²) < 4.78 is 0. The predicted molar refractivity (Wildman–Crippen MR) is 70.8 cm³/mol. The molecular formula is C12H10N4O4. The molecule has 0 atom stereocenters. The first-order chi connectivity index (χ1) is 9.49. The number of H-pyrrole nitrogens is 2. The lowest BCUT2D eigenvalue weighted by atomic mass is 10.2. The maximum Gasteiger partial charge on any atom is 0.328 e. The number of aliphatic imine (C=N–C) groups is 1. The molecule has 0 aliphatic rings. The van der Waals surface area contributed by atoms with Crippen LogP contribution in [0, 0.1) is 0 Å². The van der Waals surface area contributed by atoms with Crippen molar-refractivity contribution in [1.29, 1.82) is 0 Å². The number of carbonyl (C=O) groups excluding carboxylic acids is 1. The van der Waals surface area contributed by atoms with Gasteiger partial charge in [-0.05, 0) is 12.1 Å².